The fraction of sp³-hybridized carbons (Fsp3) is 0.400. The Balaban J connectivity index is 1.82. The summed E-state index contributed by atoms with van der Waals surface area (Å²) in [5, 5.41) is 12.4. The van der Waals surface area contributed by atoms with Crippen LogP contribution in [0.2, 0.25) is 0 Å². The number of likely N-dealkylation sites (tertiary alicyclic amines) is 1. The number of halogens is 5. The van der Waals surface area contributed by atoms with Crippen LogP contribution in [-0.4, -0.2) is 59.3 Å². The second kappa shape index (κ2) is 10.3. The van der Waals surface area contributed by atoms with Gasteiger partial charge in [-0.15, -0.1) is 0 Å². The maximum absolute atomic E-state index is 14.0. The summed E-state index contributed by atoms with van der Waals surface area (Å²) in [6, 6.07) is 1.60. The number of Topliss-reactive ketones (excluding diaryl/α,β-unsaturated/α-hetero) is 1. The van der Waals surface area contributed by atoms with E-state index in [-0.39, 0.29) is 54.6 Å². The van der Waals surface area contributed by atoms with Crippen molar-refractivity contribution >= 4 is 33.5 Å². The van der Waals surface area contributed by atoms with Crippen molar-refractivity contribution in [1.82, 2.24) is 15.2 Å². The average Bonchev–Trinajstić information content (AvgIpc) is 2.91. The molecule has 4 rings (SSSR count). The van der Waals surface area contributed by atoms with Crippen LogP contribution in [-0.2, 0) is 19.1 Å². The molecule has 1 N–H and O–H groups in total. The maximum Gasteiger partial charge on any atom is 0.310 e. The molecule has 2 amide bonds. The number of ketones is 1. The Morgan fingerprint density at radius 1 is 1.10 bits per heavy atom. The van der Waals surface area contributed by atoms with Crippen LogP contribution in [0, 0.1) is 11.5 Å². The van der Waals surface area contributed by atoms with E-state index in [9.17, 15) is 39.1 Å². The van der Waals surface area contributed by atoms with Crippen LogP contribution in [0.15, 0.2) is 53.7 Å². The van der Waals surface area contributed by atoms with E-state index in [0.717, 1.165) is 9.80 Å². The van der Waals surface area contributed by atoms with Crippen LogP contribution in [0.3, 0.4) is 0 Å². The van der Waals surface area contributed by atoms with Gasteiger partial charge >= 0.3 is 10.2 Å². The number of ether oxygens (including phenoxy) is 1. The van der Waals surface area contributed by atoms with Crippen molar-refractivity contribution in [3.05, 3.63) is 54.4 Å². The van der Waals surface area contributed by atoms with Crippen LogP contribution >= 0.6 is 10.2 Å². The molecule has 2 saturated heterocycles. The molecule has 3 heterocycles. The van der Waals surface area contributed by atoms with Crippen molar-refractivity contribution in [3.8, 4) is 6.19 Å². The van der Waals surface area contributed by atoms with E-state index < -0.39 is 39.0 Å². The van der Waals surface area contributed by atoms with Crippen molar-refractivity contribution in [2.24, 2.45) is 0 Å². The van der Waals surface area contributed by atoms with Gasteiger partial charge in [0.15, 0.2) is 12.0 Å². The molecule has 0 bridgehead atoms. The molecule has 2 fully saturated rings. The van der Waals surface area contributed by atoms with Gasteiger partial charge in [-0.05, 0) is 49.6 Å². The number of anilines is 1. The van der Waals surface area contributed by atoms with Crippen LogP contribution in [0.1, 0.15) is 37.3 Å². The Kier molecular flexibility index (Phi) is 7.54. The molecule has 9 nitrogen and oxygen atoms in total. The number of carbonyl (C=O) groups excluding carboxylic acids is 3. The number of rotatable bonds is 7. The minimum Gasteiger partial charge on any atom is -0.381 e. The number of nitriles is 1. The zero-order valence-corrected chi connectivity index (χ0v) is 21.8. The smallest absolute Gasteiger partial charge is 0.310 e. The monoisotopic (exact) mass is 587 g/mol. The van der Waals surface area contributed by atoms with Gasteiger partial charge in [-0.3, -0.25) is 29.2 Å². The van der Waals surface area contributed by atoms with Crippen LogP contribution in [0.25, 0.3) is 0 Å². The van der Waals surface area contributed by atoms with E-state index in [1.54, 1.807) is 6.19 Å². The Morgan fingerprint density at radius 2 is 1.77 bits per heavy atom. The predicted molar refractivity (Wildman–Crippen MR) is 135 cm³/mol. The van der Waals surface area contributed by atoms with Crippen molar-refractivity contribution in [3.63, 3.8) is 0 Å². The molecule has 2 atom stereocenters. The third kappa shape index (κ3) is 6.68. The molecule has 1 aromatic carbocycles. The van der Waals surface area contributed by atoms with Crippen molar-refractivity contribution in [2.75, 3.05) is 24.7 Å². The number of piperidine rings is 1. The maximum atomic E-state index is 14.0. The zero-order valence-electron chi connectivity index (χ0n) is 21.0. The third-order valence-corrected chi connectivity index (χ3v) is 7.87. The van der Waals surface area contributed by atoms with Gasteiger partial charge in [0.1, 0.15) is 17.0 Å². The van der Waals surface area contributed by atoms with E-state index in [2.05, 4.69) is 10.3 Å². The van der Waals surface area contributed by atoms with Gasteiger partial charge in [0, 0.05) is 49.3 Å². The topological polar surface area (TPSA) is 116 Å². The second-order valence-corrected chi connectivity index (χ2v) is 12.0. The molecule has 2 aromatic rings. The van der Waals surface area contributed by atoms with E-state index >= 15 is 0 Å². The number of hydrogen-bond donors (Lipinski definition) is 1. The summed E-state index contributed by atoms with van der Waals surface area (Å²) in [5.74, 6) is -1.86. The molecule has 0 saturated carbocycles. The number of aromatic nitrogens is 1. The highest BCUT2D eigenvalue weighted by Gasteiger charge is 2.65. The first-order valence-corrected chi connectivity index (χ1v) is 14.3. The van der Waals surface area contributed by atoms with E-state index in [0.29, 0.717) is 38.2 Å². The lowest BCUT2D eigenvalue weighted by atomic mass is 9.97. The fourth-order valence-corrected chi connectivity index (χ4v) is 5.35. The van der Waals surface area contributed by atoms with Crippen molar-refractivity contribution in [2.45, 2.75) is 48.7 Å². The summed E-state index contributed by atoms with van der Waals surface area (Å²) in [6.07, 6.45) is 5.31. The third-order valence-electron chi connectivity index (χ3n) is 6.71. The molecular weight excluding hydrogens is 561 g/mol. The predicted octanol–water partition coefficient (Wildman–Crippen LogP) is 4.62. The molecule has 15 heteroatoms. The number of nitrogens with one attached hydrogen (secondary N) is 1. The highest BCUT2D eigenvalue weighted by atomic mass is 32.5. The first-order valence-electron chi connectivity index (χ1n) is 12.3. The molecule has 0 spiro atoms. The Morgan fingerprint density at radius 3 is 2.35 bits per heavy atom. The average molecular weight is 588 g/mol. The van der Waals surface area contributed by atoms with E-state index in [1.165, 1.54) is 24.5 Å². The second-order valence-electron chi connectivity index (χ2n) is 9.58. The van der Waals surface area contributed by atoms with Crippen LogP contribution < -0.4 is 10.2 Å². The quantitative estimate of drug-likeness (QED) is 0.371. The molecule has 2 aliphatic heterocycles. The van der Waals surface area contributed by atoms with E-state index in [1.807, 2.05) is 0 Å². The number of amides is 2. The summed E-state index contributed by atoms with van der Waals surface area (Å²) in [6.45, 7) is 0.401. The SMILES string of the molecule is N#CN1CC(=O)CC[C@@H]1C(=O)N(c1ccc(S(F)(F)(F)(F)F)cc1)C(C(=O)NC1CCOCC1)c1cccnc1. The molecule has 1 unspecified atom stereocenters. The Labute approximate surface area is 226 Å². The number of benzene rings is 1. The van der Waals surface area contributed by atoms with Gasteiger partial charge < -0.3 is 10.1 Å². The normalized spacial score (nSPS) is 20.9. The molecule has 0 aliphatic carbocycles. The highest BCUT2D eigenvalue weighted by Crippen LogP contribution is 3.02. The summed E-state index contributed by atoms with van der Waals surface area (Å²) >= 11 is 0. The molecule has 40 heavy (non-hydrogen) atoms. The lowest BCUT2D eigenvalue weighted by molar-refractivity contribution is -0.132. The standard InChI is InChI=1S/C25H26F5N5O4S/c26-40(27,28,29,30)21-6-3-19(4-7-21)35(25(38)22-8-5-20(36)15-34(22)16-31)23(17-2-1-11-32-14-17)24(37)33-18-9-12-39-13-10-18/h1-4,6-7,11,14,18,22-23H,5,8-10,12-13,15H2,(H,33,37)/t22-,23?/m1/s1. The zero-order chi connectivity index (χ0) is 29.2. The molecule has 216 valence electrons. The minimum absolute atomic E-state index is 0.0442. The van der Waals surface area contributed by atoms with Crippen molar-refractivity contribution < 1.29 is 38.5 Å². The van der Waals surface area contributed by atoms with Gasteiger partial charge in [-0.2, -0.15) is 5.26 Å². The lowest BCUT2D eigenvalue weighted by Gasteiger charge is -2.41. The molecule has 0 radical (unpaired) electrons. The number of nitrogens with zero attached hydrogens (tertiary/aromatic N) is 4. The summed E-state index contributed by atoms with van der Waals surface area (Å²) in [4.78, 5) is 43.4. The van der Waals surface area contributed by atoms with Crippen LogP contribution in [0.4, 0.5) is 25.1 Å². The fourth-order valence-electron chi connectivity index (χ4n) is 4.70. The lowest BCUT2D eigenvalue weighted by Crippen LogP contribution is -2.55. The van der Waals surface area contributed by atoms with Gasteiger partial charge in [0.2, 0.25) is 5.91 Å². The van der Waals surface area contributed by atoms with Crippen LogP contribution in [0.5, 0.6) is 0 Å². The first kappa shape index (κ1) is 29.2. The molecule has 1 aromatic heterocycles. The Hall–Kier alpha value is -3.77. The molecule has 2 aliphatic rings. The van der Waals surface area contributed by atoms with E-state index in [4.69, 9.17) is 4.74 Å². The van der Waals surface area contributed by atoms with Gasteiger partial charge in [-0.1, -0.05) is 25.5 Å². The number of pyridine rings is 1. The summed E-state index contributed by atoms with van der Waals surface area (Å²) in [5.41, 5.74) is -0.103. The first-order chi connectivity index (χ1) is 18.7. The van der Waals surface area contributed by atoms with Gasteiger partial charge in [0.25, 0.3) is 5.91 Å². The van der Waals surface area contributed by atoms with Gasteiger partial charge in [0.05, 0.1) is 6.54 Å². The van der Waals surface area contributed by atoms with Gasteiger partial charge in [-0.25, -0.2) is 0 Å². The Bertz CT molecular complexity index is 1320. The largest absolute Gasteiger partial charge is 0.381 e. The summed E-state index contributed by atoms with van der Waals surface area (Å²) in [7, 11) is -10.0. The summed E-state index contributed by atoms with van der Waals surface area (Å²) < 4.78 is 72.5. The number of hydrogen-bond acceptors (Lipinski definition) is 7. The minimum atomic E-state index is -10.0. The molecular formula is C25H26F5N5O4S. The van der Waals surface area contributed by atoms with Crippen molar-refractivity contribution in [1.29, 1.82) is 5.26 Å². The highest BCUT2D eigenvalue weighted by molar-refractivity contribution is 8.45. The number of carbonyl (C=O) groups is 3.